The Morgan fingerprint density at radius 2 is 0.968 bits per heavy atom. The second-order valence-electron chi connectivity index (χ2n) is 15.0. The number of anilines is 1. The van der Waals surface area contributed by atoms with E-state index in [1.165, 1.54) is 17.0 Å². The van der Waals surface area contributed by atoms with E-state index < -0.39 is 40.9 Å². The lowest BCUT2D eigenvalue weighted by molar-refractivity contribution is -0.142. The van der Waals surface area contributed by atoms with Gasteiger partial charge in [0.1, 0.15) is 0 Å². The summed E-state index contributed by atoms with van der Waals surface area (Å²) in [5, 5.41) is 1.32. The van der Waals surface area contributed by atoms with E-state index in [0.717, 1.165) is 28.3 Å². The van der Waals surface area contributed by atoms with Gasteiger partial charge in [0, 0.05) is 21.9 Å². The number of hydrogen-bond acceptors (Lipinski definition) is 2. The Bertz CT molecular complexity index is 3190. The second kappa shape index (κ2) is 14.5. The van der Waals surface area contributed by atoms with Crippen LogP contribution in [0.1, 0.15) is 31.8 Å². The Morgan fingerprint density at radius 3 is 1.58 bits per heavy atom. The molecule has 1 aliphatic heterocycles. The molecular formula is C52H30F6N2O2. The molecule has 0 bridgehead atoms. The number of benzene rings is 8. The maximum absolute atomic E-state index is 15.3. The maximum Gasteiger partial charge on any atom is 0.417 e. The molecule has 0 spiro atoms. The molecule has 4 nitrogen and oxygen atoms in total. The Hall–Kier alpha value is -7.72. The van der Waals surface area contributed by atoms with E-state index in [1.807, 2.05) is 109 Å². The standard InChI is InChI=1S/C52H30F6N2O2/c53-51(54,55)36-24-26-37(43(30-36)52(56,57)58)34-23-25-39-38-19-10-11-21-44(38)59(46(39)29-34)45-22-12-20-40-47(45)50(62)60(49(40)61)48-41(32-15-6-2-7-16-32)27-35(31-13-4-1-5-14-31)28-42(48)33-17-8-3-9-18-33/h1-30H. The lowest BCUT2D eigenvalue weighted by Crippen LogP contribution is -2.30. The molecule has 62 heavy (non-hydrogen) atoms. The van der Waals surface area contributed by atoms with Crippen molar-refractivity contribution in [2.24, 2.45) is 0 Å². The molecule has 0 atom stereocenters. The Labute approximate surface area is 350 Å². The van der Waals surface area contributed by atoms with Crippen molar-refractivity contribution in [3.8, 4) is 50.2 Å². The molecule has 10 rings (SSSR count). The number of carbonyl (C=O) groups excluding carboxylic acids is 2. The second-order valence-corrected chi connectivity index (χ2v) is 15.0. The van der Waals surface area contributed by atoms with E-state index in [4.69, 9.17) is 0 Å². The minimum atomic E-state index is -5.11. The van der Waals surface area contributed by atoms with Gasteiger partial charge in [-0.05, 0) is 81.9 Å². The molecule has 0 saturated carbocycles. The lowest BCUT2D eigenvalue weighted by atomic mass is 9.90. The summed E-state index contributed by atoms with van der Waals surface area (Å²) < 4.78 is 86.1. The van der Waals surface area contributed by atoms with Crippen LogP contribution < -0.4 is 4.90 Å². The third-order valence-electron chi connectivity index (χ3n) is 11.4. The molecule has 302 valence electrons. The zero-order chi connectivity index (χ0) is 42.9. The minimum absolute atomic E-state index is 0.0118. The smallest absolute Gasteiger partial charge is 0.308 e. The molecule has 0 radical (unpaired) electrons. The number of aromatic nitrogens is 1. The summed E-state index contributed by atoms with van der Waals surface area (Å²) in [5.41, 5.74) is 3.20. The monoisotopic (exact) mass is 828 g/mol. The van der Waals surface area contributed by atoms with Gasteiger partial charge in [-0.2, -0.15) is 26.3 Å². The topological polar surface area (TPSA) is 42.3 Å². The number of imide groups is 1. The van der Waals surface area contributed by atoms with Crippen LogP contribution >= 0.6 is 0 Å². The molecule has 1 aliphatic rings. The van der Waals surface area contributed by atoms with Crippen LogP contribution in [0.2, 0.25) is 0 Å². The van der Waals surface area contributed by atoms with Gasteiger partial charge in [-0.1, -0.05) is 133 Å². The summed E-state index contributed by atoms with van der Waals surface area (Å²) in [4.78, 5) is 31.5. The van der Waals surface area contributed by atoms with Crippen LogP contribution in [0, 0.1) is 0 Å². The highest BCUT2D eigenvalue weighted by Gasteiger charge is 2.42. The number of carbonyl (C=O) groups is 2. The lowest BCUT2D eigenvalue weighted by Gasteiger charge is -2.24. The van der Waals surface area contributed by atoms with Crippen molar-refractivity contribution in [1.29, 1.82) is 0 Å². The highest BCUT2D eigenvalue weighted by Crippen LogP contribution is 2.48. The maximum atomic E-state index is 15.3. The molecule has 0 fully saturated rings. The van der Waals surface area contributed by atoms with Crippen LogP contribution in [-0.2, 0) is 12.4 Å². The molecule has 0 aliphatic carbocycles. The van der Waals surface area contributed by atoms with Crippen molar-refractivity contribution in [2.45, 2.75) is 12.4 Å². The van der Waals surface area contributed by atoms with Crippen molar-refractivity contribution in [1.82, 2.24) is 4.57 Å². The number of alkyl halides is 6. The number of halogens is 6. The van der Waals surface area contributed by atoms with E-state index in [-0.39, 0.29) is 22.8 Å². The third-order valence-corrected chi connectivity index (χ3v) is 11.4. The molecular weight excluding hydrogens is 799 g/mol. The molecule has 0 unspecified atom stereocenters. The third kappa shape index (κ3) is 6.34. The predicted octanol–water partition coefficient (Wildman–Crippen LogP) is 14.3. The average Bonchev–Trinajstić information content (AvgIpc) is 3.75. The van der Waals surface area contributed by atoms with Gasteiger partial charge in [-0.15, -0.1) is 0 Å². The van der Waals surface area contributed by atoms with Gasteiger partial charge in [0.25, 0.3) is 11.8 Å². The molecule has 1 aromatic heterocycles. The normalized spacial score (nSPS) is 13.0. The Morgan fingerprint density at radius 1 is 0.387 bits per heavy atom. The fourth-order valence-electron chi connectivity index (χ4n) is 8.61. The summed E-state index contributed by atoms with van der Waals surface area (Å²) >= 11 is 0. The van der Waals surface area contributed by atoms with Crippen LogP contribution in [0.5, 0.6) is 0 Å². The van der Waals surface area contributed by atoms with E-state index in [0.29, 0.717) is 50.4 Å². The van der Waals surface area contributed by atoms with Crippen molar-refractivity contribution < 1.29 is 35.9 Å². The molecule has 0 saturated heterocycles. The van der Waals surface area contributed by atoms with Gasteiger partial charge in [0.15, 0.2) is 0 Å². The molecule has 2 amide bonds. The zero-order valence-electron chi connectivity index (χ0n) is 32.3. The molecule has 0 N–H and O–H groups in total. The van der Waals surface area contributed by atoms with Crippen LogP contribution in [0.4, 0.5) is 32.0 Å². The van der Waals surface area contributed by atoms with Crippen LogP contribution in [-0.4, -0.2) is 16.4 Å². The summed E-state index contributed by atoms with van der Waals surface area (Å²) in [6.45, 7) is 0. The summed E-state index contributed by atoms with van der Waals surface area (Å²) in [6.07, 6.45) is -10.1. The summed E-state index contributed by atoms with van der Waals surface area (Å²) in [7, 11) is 0. The first-order valence-corrected chi connectivity index (χ1v) is 19.6. The number of para-hydroxylation sites is 1. The van der Waals surface area contributed by atoms with Gasteiger partial charge in [0.2, 0.25) is 0 Å². The van der Waals surface area contributed by atoms with Crippen molar-refractivity contribution in [2.75, 3.05) is 4.90 Å². The van der Waals surface area contributed by atoms with Crippen molar-refractivity contribution in [3.05, 3.63) is 204 Å². The predicted molar refractivity (Wildman–Crippen MR) is 230 cm³/mol. The fourth-order valence-corrected chi connectivity index (χ4v) is 8.61. The van der Waals surface area contributed by atoms with Crippen LogP contribution in [0.15, 0.2) is 182 Å². The van der Waals surface area contributed by atoms with Gasteiger partial charge in [0.05, 0.1) is 44.7 Å². The molecule has 9 aromatic rings. The number of hydrogen-bond donors (Lipinski definition) is 0. The quantitative estimate of drug-likeness (QED) is 0.124. The molecule has 8 aromatic carbocycles. The first-order chi connectivity index (χ1) is 29.9. The first-order valence-electron chi connectivity index (χ1n) is 19.6. The highest BCUT2D eigenvalue weighted by atomic mass is 19.4. The van der Waals surface area contributed by atoms with Gasteiger partial charge in [-0.3, -0.25) is 9.59 Å². The zero-order valence-corrected chi connectivity index (χ0v) is 32.3. The van der Waals surface area contributed by atoms with Gasteiger partial charge >= 0.3 is 12.4 Å². The van der Waals surface area contributed by atoms with Crippen LogP contribution in [0.3, 0.4) is 0 Å². The molecule has 10 heteroatoms. The average molecular weight is 829 g/mol. The van der Waals surface area contributed by atoms with E-state index in [9.17, 15) is 31.1 Å². The first kappa shape index (κ1) is 38.5. The number of nitrogens with zero attached hydrogens (tertiary/aromatic N) is 2. The summed E-state index contributed by atoms with van der Waals surface area (Å²) in [6, 6.07) is 51.0. The SMILES string of the molecule is O=C1c2cccc(-n3c4ccccc4c4ccc(-c5ccc(C(F)(F)F)cc5C(F)(F)F)cc43)c2C(=O)N1c1c(-c2ccccc2)cc(-c2ccccc2)cc1-c1ccccc1. The Kier molecular flexibility index (Phi) is 8.99. The number of rotatable bonds is 6. The molecule has 2 heterocycles. The van der Waals surface area contributed by atoms with Crippen molar-refractivity contribution in [3.63, 3.8) is 0 Å². The highest BCUT2D eigenvalue weighted by molar-refractivity contribution is 6.37. The van der Waals surface area contributed by atoms with E-state index >= 15 is 4.79 Å². The van der Waals surface area contributed by atoms with Crippen molar-refractivity contribution >= 4 is 39.3 Å². The van der Waals surface area contributed by atoms with Gasteiger partial charge in [-0.25, -0.2) is 4.90 Å². The number of amides is 2. The van der Waals surface area contributed by atoms with E-state index in [1.54, 1.807) is 47.0 Å². The fraction of sp³-hybridized carbons (Fsp3) is 0.0385. The minimum Gasteiger partial charge on any atom is -0.308 e. The Balaban J connectivity index is 1.20. The summed E-state index contributed by atoms with van der Waals surface area (Å²) in [5.74, 6) is -1.17. The number of fused-ring (bicyclic) bond motifs is 4. The van der Waals surface area contributed by atoms with E-state index in [2.05, 4.69) is 0 Å². The largest absolute Gasteiger partial charge is 0.417 e. The van der Waals surface area contributed by atoms with Gasteiger partial charge < -0.3 is 4.57 Å². The van der Waals surface area contributed by atoms with Crippen LogP contribution in [0.25, 0.3) is 72.0 Å².